The second-order valence-corrected chi connectivity index (χ2v) is 3.46. The van der Waals surface area contributed by atoms with E-state index in [0.717, 1.165) is 17.1 Å². The standard InChI is InChI=1S/C11H16N2O3/c1-8-5-10(16-2)6-9(13-8)7-12-4-3-11(14)15/h5-6,12H,3-4,7H2,1-2H3,(H,14,15). The molecule has 1 aromatic rings. The zero-order valence-electron chi connectivity index (χ0n) is 9.49. The van der Waals surface area contributed by atoms with Gasteiger partial charge in [0.05, 0.1) is 19.2 Å². The molecule has 0 saturated heterocycles. The number of carbonyl (C=O) groups is 1. The number of ether oxygens (including phenoxy) is 1. The van der Waals surface area contributed by atoms with Crippen molar-refractivity contribution in [3.63, 3.8) is 0 Å². The number of hydrogen-bond donors (Lipinski definition) is 2. The van der Waals surface area contributed by atoms with E-state index in [-0.39, 0.29) is 6.42 Å². The fraction of sp³-hybridized carbons (Fsp3) is 0.455. The summed E-state index contributed by atoms with van der Waals surface area (Å²) >= 11 is 0. The van der Waals surface area contributed by atoms with Crippen LogP contribution in [0.25, 0.3) is 0 Å². The first-order valence-electron chi connectivity index (χ1n) is 5.06. The van der Waals surface area contributed by atoms with Crippen LogP contribution in [0.4, 0.5) is 0 Å². The highest BCUT2D eigenvalue weighted by molar-refractivity contribution is 5.66. The van der Waals surface area contributed by atoms with E-state index in [1.54, 1.807) is 7.11 Å². The van der Waals surface area contributed by atoms with Crippen molar-refractivity contribution in [1.82, 2.24) is 10.3 Å². The first kappa shape index (κ1) is 12.4. The smallest absolute Gasteiger partial charge is 0.304 e. The molecule has 0 aliphatic carbocycles. The lowest BCUT2D eigenvalue weighted by Crippen LogP contribution is -2.18. The van der Waals surface area contributed by atoms with Crippen LogP contribution in [-0.2, 0) is 11.3 Å². The molecule has 0 aliphatic heterocycles. The number of carboxylic acids is 1. The summed E-state index contributed by atoms with van der Waals surface area (Å²) in [6, 6.07) is 3.68. The van der Waals surface area contributed by atoms with Crippen LogP contribution in [0, 0.1) is 6.92 Å². The van der Waals surface area contributed by atoms with Gasteiger partial charge in [-0.05, 0) is 6.92 Å². The molecule has 0 saturated carbocycles. The lowest BCUT2D eigenvalue weighted by Gasteiger charge is -2.06. The normalized spacial score (nSPS) is 10.1. The molecule has 1 heterocycles. The Morgan fingerprint density at radius 2 is 2.31 bits per heavy atom. The first-order valence-corrected chi connectivity index (χ1v) is 5.06. The number of nitrogens with one attached hydrogen (secondary N) is 1. The Morgan fingerprint density at radius 3 is 2.94 bits per heavy atom. The van der Waals surface area contributed by atoms with E-state index < -0.39 is 5.97 Å². The highest BCUT2D eigenvalue weighted by Gasteiger charge is 2.01. The number of methoxy groups -OCH3 is 1. The maximum absolute atomic E-state index is 10.3. The molecule has 5 heteroatoms. The summed E-state index contributed by atoms with van der Waals surface area (Å²) in [5.74, 6) is -0.0372. The van der Waals surface area contributed by atoms with Gasteiger partial charge in [0.15, 0.2) is 0 Å². The SMILES string of the molecule is COc1cc(C)nc(CNCCC(=O)O)c1. The molecule has 0 fully saturated rings. The zero-order valence-corrected chi connectivity index (χ0v) is 9.49. The highest BCUT2D eigenvalue weighted by atomic mass is 16.5. The van der Waals surface area contributed by atoms with Crippen LogP contribution in [0.1, 0.15) is 17.8 Å². The maximum Gasteiger partial charge on any atom is 0.304 e. The molecule has 0 amide bonds. The molecule has 0 aromatic carbocycles. The van der Waals surface area contributed by atoms with Crippen molar-refractivity contribution in [2.75, 3.05) is 13.7 Å². The quantitative estimate of drug-likeness (QED) is 0.704. The van der Waals surface area contributed by atoms with E-state index in [0.29, 0.717) is 13.1 Å². The van der Waals surface area contributed by atoms with Gasteiger partial charge in [0.25, 0.3) is 0 Å². The summed E-state index contributed by atoms with van der Waals surface area (Å²) in [5, 5.41) is 11.5. The van der Waals surface area contributed by atoms with E-state index in [1.807, 2.05) is 19.1 Å². The average molecular weight is 224 g/mol. The summed E-state index contributed by atoms with van der Waals surface area (Å²) in [6.07, 6.45) is 0.114. The molecule has 1 rings (SSSR count). The van der Waals surface area contributed by atoms with Crippen molar-refractivity contribution in [2.45, 2.75) is 19.9 Å². The lowest BCUT2D eigenvalue weighted by atomic mass is 10.3. The molecule has 0 unspecified atom stereocenters. The lowest BCUT2D eigenvalue weighted by molar-refractivity contribution is -0.136. The fourth-order valence-electron chi connectivity index (χ4n) is 1.32. The van der Waals surface area contributed by atoms with Crippen LogP contribution in [0.2, 0.25) is 0 Å². The molecule has 16 heavy (non-hydrogen) atoms. The van der Waals surface area contributed by atoms with Gasteiger partial charge in [-0.2, -0.15) is 0 Å². The summed E-state index contributed by atoms with van der Waals surface area (Å²) in [5.41, 5.74) is 1.73. The molecule has 2 N–H and O–H groups in total. The van der Waals surface area contributed by atoms with Crippen LogP contribution in [0.5, 0.6) is 5.75 Å². The Balaban J connectivity index is 2.47. The topological polar surface area (TPSA) is 71.5 Å². The maximum atomic E-state index is 10.3. The molecular formula is C11H16N2O3. The van der Waals surface area contributed by atoms with E-state index >= 15 is 0 Å². The van der Waals surface area contributed by atoms with Gasteiger partial charge in [-0.25, -0.2) is 0 Å². The van der Waals surface area contributed by atoms with Crippen molar-refractivity contribution in [1.29, 1.82) is 0 Å². The molecular weight excluding hydrogens is 208 g/mol. The predicted molar refractivity (Wildman–Crippen MR) is 59.5 cm³/mol. The number of aryl methyl sites for hydroxylation is 1. The number of rotatable bonds is 6. The number of aromatic nitrogens is 1. The fourth-order valence-corrected chi connectivity index (χ4v) is 1.32. The second kappa shape index (κ2) is 6.07. The minimum Gasteiger partial charge on any atom is -0.497 e. The monoisotopic (exact) mass is 224 g/mol. The van der Waals surface area contributed by atoms with Crippen molar-refractivity contribution >= 4 is 5.97 Å². The molecule has 0 bridgehead atoms. The van der Waals surface area contributed by atoms with Crippen molar-refractivity contribution < 1.29 is 14.6 Å². The third-order valence-corrected chi connectivity index (χ3v) is 2.04. The van der Waals surface area contributed by atoms with Crippen LogP contribution in [0.3, 0.4) is 0 Å². The molecule has 0 radical (unpaired) electrons. The number of nitrogens with zero attached hydrogens (tertiary/aromatic N) is 1. The molecule has 0 atom stereocenters. The van der Waals surface area contributed by atoms with Gasteiger partial charge < -0.3 is 15.2 Å². The van der Waals surface area contributed by atoms with Gasteiger partial charge in [0, 0.05) is 30.9 Å². The Morgan fingerprint density at radius 1 is 1.56 bits per heavy atom. The summed E-state index contributed by atoms with van der Waals surface area (Å²) in [7, 11) is 1.61. The Bertz CT molecular complexity index is 366. The van der Waals surface area contributed by atoms with Gasteiger partial charge in [-0.15, -0.1) is 0 Å². The highest BCUT2D eigenvalue weighted by Crippen LogP contribution is 2.12. The summed E-state index contributed by atoms with van der Waals surface area (Å²) < 4.78 is 5.12. The minimum absolute atomic E-state index is 0.114. The number of aliphatic carboxylic acids is 1. The van der Waals surface area contributed by atoms with Gasteiger partial charge in [0.1, 0.15) is 5.75 Å². The van der Waals surface area contributed by atoms with Gasteiger partial charge >= 0.3 is 5.97 Å². The van der Waals surface area contributed by atoms with E-state index in [1.165, 1.54) is 0 Å². The van der Waals surface area contributed by atoms with E-state index in [4.69, 9.17) is 9.84 Å². The van der Waals surface area contributed by atoms with Crippen LogP contribution in [-0.4, -0.2) is 29.7 Å². The minimum atomic E-state index is -0.803. The van der Waals surface area contributed by atoms with Gasteiger partial charge in [-0.1, -0.05) is 0 Å². The third-order valence-electron chi connectivity index (χ3n) is 2.04. The Labute approximate surface area is 94.5 Å². The van der Waals surface area contributed by atoms with Crippen LogP contribution < -0.4 is 10.1 Å². The summed E-state index contributed by atoms with van der Waals surface area (Å²) in [4.78, 5) is 14.6. The van der Waals surface area contributed by atoms with Crippen molar-refractivity contribution in [3.05, 3.63) is 23.5 Å². The Hall–Kier alpha value is -1.62. The predicted octanol–water partition coefficient (Wildman–Crippen LogP) is 0.963. The van der Waals surface area contributed by atoms with Crippen LogP contribution >= 0.6 is 0 Å². The van der Waals surface area contributed by atoms with Gasteiger partial charge in [0.2, 0.25) is 0 Å². The number of carboxylic acid groups (broad SMARTS) is 1. The third kappa shape index (κ3) is 4.27. The molecule has 5 nitrogen and oxygen atoms in total. The average Bonchev–Trinajstić information content (AvgIpc) is 2.23. The van der Waals surface area contributed by atoms with Crippen LogP contribution in [0.15, 0.2) is 12.1 Å². The van der Waals surface area contributed by atoms with E-state index in [9.17, 15) is 4.79 Å². The molecule has 0 spiro atoms. The largest absolute Gasteiger partial charge is 0.497 e. The van der Waals surface area contributed by atoms with Gasteiger partial charge in [-0.3, -0.25) is 9.78 Å². The number of hydrogen-bond acceptors (Lipinski definition) is 4. The molecule has 1 aromatic heterocycles. The van der Waals surface area contributed by atoms with Crippen molar-refractivity contribution in [2.24, 2.45) is 0 Å². The summed E-state index contributed by atoms with van der Waals surface area (Å²) in [6.45, 7) is 2.88. The number of pyridine rings is 1. The Kier molecular flexibility index (Phi) is 4.72. The molecule has 88 valence electrons. The van der Waals surface area contributed by atoms with E-state index in [2.05, 4.69) is 10.3 Å². The molecule has 0 aliphatic rings. The second-order valence-electron chi connectivity index (χ2n) is 3.46. The zero-order chi connectivity index (χ0) is 12.0. The first-order chi connectivity index (χ1) is 7.61. The van der Waals surface area contributed by atoms with Crippen molar-refractivity contribution in [3.8, 4) is 5.75 Å².